The smallest absolute Gasteiger partial charge is 0.237 e. The van der Waals surface area contributed by atoms with Crippen LogP contribution in [0.4, 0.5) is 0 Å². The summed E-state index contributed by atoms with van der Waals surface area (Å²) in [5, 5.41) is 12.4. The number of rotatable bonds is 12. The third-order valence-electron chi connectivity index (χ3n) is 6.21. The van der Waals surface area contributed by atoms with Crippen LogP contribution in [0, 0.1) is 0 Å². The number of aliphatic hydroxyl groups is 1. The van der Waals surface area contributed by atoms with E-state index in [4.69, 9.17) is 4.74 Å². The third-order valence-corrected chi connectivity index (χ3v) is 7.20. The molecule has 5 nitrogen and oxygen atoms in total. The zero-order valence-electron chi connectivity index (χ0n) is 20.2. The highest BCUT2D eigenvalue weighted by Gasteiger charge is 2.33. The first kappa shape index (κ1) is 25.5. The molecule has 3 rings (SSSR count). The van der Waals surface area contributed by atoms with Crippen LogP contribution in [0.3, 0.4) is 0 Å². The molecular weight excluding hydrogens is 432 g/mol. The van der Waals surface area contributed by atoms with Crippen molar-refractivity contribution in [3.8, 4) is 5.75 Å². The number of fused-ring (bicyclic) bond motifs is 1. The topological polar surface area (TPSA) is 53.0 Å². The molecule has 1 aliphatic rings. The monoisotopic (exact) mass is 470 g/mol. The van der Waals surface area contributed by atoms with Gasteiger partial charge in [-0.15, -0.1) is 17.9 Å². The lowest BCUT2D eigenvalue weighted by Gasteiger charge is -2.37. The first-order valence-corrected chi connectivity index (χ1v) is 12.9. The molecule has 180 valence electrons. The molecule has 1 aromatic heterocycles. The van der Waals surface area contributed by atoms with E-state index in [2.05, 4.69) is 50.9 Å². The Hall–Kier alpha value is -2.15. The summed E-state index contributed by atoms with van der Waals surface area (Å²) in [7, 11) is 0. The number of benzene rings is 1. The van der Waals surface area contributed by atoms with Gasteiger partial charge >= 0.3 is 0 Å². The lowest BCUT2D eigenvalue weighted by atomic mass is 10.00. The molecule has 0 radical (unpaired) electrons. The third kappa shape index (κ3) is 6.92. The molecule has 0 bridgehead atoms. The molecule has 0 saturated carbocycles. The molecule has 2 heterocycles. The highest BCUT2D eigenvalue weighted by atomic mass is 32.1. The lowest BCUT2D eigenvalue weighted by molar-refractivity contribution is -0.136. The number of hydrogen-bond acceptors (Lipinski definition) is 5. The lowest BCUT2D eigenvalue weighted by Crippen LogP contribution is -2.47. The van der Waals surface area contributed by atoms with Gasteiger partial charge in [-0.3, -0.25) is 9.69 Å². The number of thiophene rings is 1. The minimum Gasteiger partial charge on any atom is -0.491 e. The average Bonchev–Trinajstić information content (AvgIpc) is 3.27. The fourth-order valence-electron chi connectivity index (χ4n) is 4.39. The molecule has 6 heteroatoms. The van der Waals surface area contributed by atoms with E-state index in [0.717, 1.165) is 25.0 Å². The minimum atomic E-state index is -0.430. The van der Waals surface area contributed by atoms with Crippen LogP contribution in [-0.2, 0) is 11.2 Å². The highest BCUT2D eigenvalue weighted by Crippen LogP contribution is 2.34. The Labute approximate surface area is 202 Å². The van der Waals surface area contributed by atoms with Gasteiger partial charge in [0.25, 0.3) is 0 Å². The number of aliphatic hydroxyl groups excluding tert-OH is 1. The summed E-state index contributed by atoms with van der Waals surface area (Å²) >= 11 is 1.76. The van der Waals surface area contributed by atoms with E-state index >= 15 is 0 Å². The summed E-state index contributed by atoms with van der Waals surface area (Å²) in [5.74, 6) is 1.37. The van der Waals surface area contributed by atoms with Crippen molar-refractivity contribution in [2.45, 2.75) is 58.1 Å². The van der Waals surface area contributed by atoms with Crippen LogP contribution >= 0.6 is 11.3 Å². The van der Waals surface area contributed by atoms with Gasteiger partial charge in [0.05, 0.1) is 18.7 Å². The van der Waals surface area contributed by atoms with Gasteiger partial charge in [-0.05, 0) is 53.5 Å². The molecule has 0 unspecified atom stereocenters. The second-order valence-electron chi connectivity index (χ2n) is 9.11. The van der Waals surface area contributed by atoms with E-state index in [9.17, 15) is 9.90 Å². The van der Waals surface area contributed by atoms with Gasteiger partial charge in [0.2, 0.25) is 5.91 Å². The van der Waals surface area contributed by atoms with Crippen molar-refractivity contribution < 1.29 is 14.6 Å². The minimum absolute atomic E-state index is 0.0705. The maximum absolute atomic E-state index is 13.4. The maximum Gasteiger partial charge on any atom is 0.237 e. The van der Waals surface area contributed by atoms with Gasteiger partial charge < -0.3 is 14.7 Å². The largest absolute Gasteiger partial charge is 0.491 e. The molecule has 2 aromatic rings. The molecule has 0 spiro atoms. The van der Waals surface area contributed by atoms with E-state index < -0.39 is 6.10 Å². The number of carbonyl (C=O) groups is 1. The summed E-state index contributed by atoms with van der Waals surface area (Å²) in [4.78, 5) is 18.7. The molecule has 33 heavy (non-hydrogen) atoms. The highest BCUT2D eigenvalue weighted by molar-refractivity contribution is 7.10. The van der Waals surface area contributed by atoms with Gasteiger partial charge in [-0.1, -0.05) is 45.4 Å². The molecule has 1 N–H and O–H groups in total. The normalized spacial score (nSPS) is 16.7. The van der Waals surface area contributed by atoms with Gasteiger partial charge in [-0.2, -0.15) is 0 Å². The van der Waals surface area contributed by atoms with Crippen molar-refractivity contribution in [3.05, 3.63) is 64.4 Å². The second kappa shape index (κ2) is 12.4. The number of carbonyl (C=O) groups excluding carboxylic acids is 1. The van der Waals surface area contributed by atoms with Crippen molar-refractivity contribution >= 4 is 17.2 Å². The van der Waals surface area contributed by atoms with E-state index in [1.165, 1.54) is 16.0 Å². The van der Waals surface area contributed by atoms with E-state index in [-0.39, 0.29) is 18.5 Å². The van der Waals surface area contributed by atoms with Crippen molar-refractivity contribution in [2.75, 3.05) is 32.8 Å². The standard InChI is InChI=1S/C27H38N2O3S/c1-5-7-22(30)17-28(14-6-2)18-27(31)29-15-12-26-24(13-16-33-26)25(29)19-32-23-10-8-21(9-11-23)20(3)4/h6,8-11,13,16,20,22,25,30H,2,5,7,12,14-15,17-19H2,1,3-4H3/t22-,25-/m1/s1. The van der Waals surface area contributed by atoms with Gasteiger partial charge in [0, 0.05) is 24.5 Å². The Kier molecular flexibility index (Phi) is 9.53. The predicted molar refractivity (Wildman–Crippen MR) is 136 cm³/mol. The van der Waals surface area contributed by atoms with Crippen molar-refractivity contribution in [1.82, 2.24) is 9.80 Å². The Balaban J connectivity index is 1.70. The van der Waals surface area contributed by atoms with Crippen LogP contribution in [0.25, 0.3) is 0 Å². The number of hydrogen-bond donors (Lipinski definition) is 1. The molecule has 0 saturated heterocycles. The van der Waals surface area contributed by atoms with Gasteiger partial charge in [0.15, 0.2) is 0 Å². The van der Waals surface area contributed by atoms with Crippen LogP contribution in [0.15, 0.2) is 48.4 Å². The molecule has 0 aliphatic carbocycles. The molecule has 2 atom stereocenters. The van der Waals surface area contributed by atoms with Crippen LogP contribution in [0.1, 0.15) is 61.6 Å². The summed E-state index contributed by atoms with van der Waals surface area (Å²) in [5.41, 5.74) is 2.48. The SMILES string of the molecule is C=CCN(CC(=O)N1CCc2sccc2[C@H]1COc1ccc(C(C)C)cc1)C[C@H](O)CCC. The number of amides is 1. The predicted octanol–water partition coefficient (Wildman–Crippen LogP) is 5.03. The first-order valence-electron chi connectivity index (χ1n) is 12.0. The average molecular weight is 471 g/mol. The van der Waals surface area contributed by atoms with Crippen LogP contribution < -0.4 is 4.74 Å². The fourth-order valence-corrected chi connectivity index (χ4v) is 5.32. The van der Waals surface area contributed by atoms with Crippen LogP contribution in [0.2, 0.25) is 0 Å². The zero-order chi connectivity index (χ0) is 23.8. The van der Waals surface area contributed by atoms with Gasteiger partial charge in [0.1, 0.15) is 12.4 Å². The van der Waals surface area contributed by atoms with Crippen molar-refractivity contribution in [2.24, 2.45) is 0 Å². The summed E-state index contributed by atoms with van der Waals surface area (Å²) in [6.45, 7) is 12.7. The Morgan fingerprint density at radius 2 is 2.09 bits per heavy atom. The quantitative estimate of drug-likeness (QED) is 0.442. The van der Waals surface area contributed by atoms with E-state index in [1.807, 2.05) is 21.9 Å². The summed E-state index contributed by atoms with van der Waals surface area (Å²) in [6, 6.07) is 10.3. The zero-order valence-corrected chi connectivity index (χ0v) is 21.0. The molecule has 1 aromatic carbocycles. The molecule has 1 amide bonds. The van der Waals surface area contributed by atoms with Crippen molar-refractivity contribution in [3.63, 3.8) is 0 Å². The van der Waals surface area contributed by atoms with Crippen molar-refractivity contribution in [1.29, 1.82) is 0 Å². The molecular formula is C27H38N2O3S. The number of nitrogens with zero attached hydrogens (tertiary/aromatic N) is 2. The number of ether oxygens (including phenoxy) is 1. The first-order chi connectivity index (χ1) is 15.9. The summed E-state index contributed by atoms with van der Waals surface area (Å²) in [6.07, 6.45) is 3.89. The van der Waals surface area contributed by atoms with Crippen LogP contribution in [0.5, 0.6) is 5.75 Å². The Morgan fingerprint density at radius 1 is 1.33 bits per heavy atom. The van der Waals surface area contributed by atoms with Gasteiger partial charge in [-0.25, -0.2) is 0 Å². The maximum atomic E-state index is 13.4. The Morgan fingerprint density at radius 3 is 2.76 bits per heavy atom. The van der Waals surface area contributed by atoms with E-state index in [1.54, 1.807) is 17.4 Å². The van der Waals surface area contributed by atoms with E-state index in [0.29, 0.717) is 32.2 Å². The molecule has 0 fully saturated rings. The fraction of sp³-hybridized carbons (Fsp3) is 0.519. The molecule has 1 aliphatic heterocycles. The second-order valence-corrected chi connectivity index (χ2v) is 10.1. The Bertz CT molecular complexity index is 893. The summed E-state index contributed by atoms with van der Waals surface area (Å²) < 4.78 is 6.18. The van der Waals surface area contributed by atoms with Crippen LogP contribution in [-0.4, -0.2) is 59.7 Å².